The van der Waals surface area contributed by atoms with Gasteiger partial charge in [0.05, 0.1) is 22.3 Å². The van der Waals surface area contributed by atoms with E-state index in [1.54, 1.807) is 12.1 Å². The molecule has 2 saturated heterocycles. The van der Waals surface area contributed by atoms with Crippen molar-refractivity contribution in [1.82, 2.24) is 4.90 Å². The smallest absolute Gasteiger partial charge is 0.200 e. The zero-order chi connectivity index (χ0) is 23.0. The summed E-state index contributed by atoms with van der Waals surface area (Å²) in [5.41, 5.74) is 2.45. The molecule has 3 atom stereocenters. The summed E-state index contributed by atoms with van der Waals surface area (Å²) in [6, 6.07) is 8.84. The van der Waals surface area contributed by atoms with Crippen molar-refractivity contribution in [2.75, 3.05) is 13.1 Å². The number of hydrogen-bond donors (Lipinski definition) is 0. The molecule has 0 spiro atoms. The first-order valence-corrected chi connectivity index (χ1v) is 15.6. The highest BCUT2D eigenvalue weighted by Gasteiger charge is 2.52. The minimum absolute atomic E-state index is 0.0378. The van der Waals surface area contributed by atoms with Gasteiger partial charge in [-0.3, -0.25) is 4.90 Å². The summed E-state index contributed by atoms with van der Waals surface area (Å²) in [6.07, 6.45) is 2.47. The molecule has 1 unspecified atom stereocenters. The van der Waals surface area contributed by atoms with Crippen LogP contribution in [0.3, 0.4) is 0 Å². The lowest BCUT2D eigenvalue weighted by Crippen LogP contribution is -2.63. The van der Waals surface area contributed by atoms with Crippen LogP contribution in [0.2, 0.25) is 16.6 Å². The van der Waals surface area contributed by atoms with Gasteiger partial charge >= 0.3 is 0 Å². The lowest BCUT2D eigenvalue weighted by Gasteiger charge is -2.53. The Bertz CT molecular complexity index is 844. The molecule has 2 aliphatic heterocycles. The molecule has 4 nitrogen and oxygen atoms in total. The minimum Gasteiger partial charge on any atom is -0.412 e. The fourth-order valence-corrected chi connectivity index (χ4v) is 14.0. The third-order valence-electron chi connectivity index (χ3n) is 7.57. The van der Waals surface area contributed by atoms with Gasteiger partial charge in [-0.2, -0.15) is 0 Å². The highest BCUT2D eigenvalue weighted by molar-refractivity contribution is 7.92. The molecule has 1 aromatic carbocycles. The maximum absolute atomic E-state index is 13.8. The van der Waals surface area contributed by atoms with E-state index in [0.29, 0.717) is 27.9 Å². The molecule has 2 fully saturated rings. The number of sulfone groups is 1. The molecule has 31 heavy (non-hydrogen) atoms. The van der Waals surface area contributed by atoms with E-state index >= 15 is 0 Å². The largest absolute Gasteiger partial charge is 0.412 e. The van der Waals surface area contributed by atoms with Gasteiger partial charge in [-0.15, -0.1) is 0 Å². The van der Waals surface area contributed by atoms with Gasteiger partial charge in [0.1, 0.15) is 0 Å². The number of nitrogens with zero attached hydrogens (tertiary/aromatic N) is 1. The van der Waals surface area contributed by atoms with Crippen molar-refractivity contribution in [3.8, 4) is 0 Å². The number of fused-ring (bicyclic) bond motifs is 1. The van der Waals surface area contributed by atoms with Gasteiger partial charge < -0.3 is 4.43 Å². The Morgan fingerprint density at radius 1 is 1.03 bits per heavy atom. The van der Waals surface area contributed by atoms with Crippen molar-refractivity contribution in [2.45, 2.75) is 99.7 Å². The Morgan fingerprint density at radius 3 is 2.16 bits per heavy atom. The average Bonchev–Trinajstić information content (AvgIpc) is 2.71. The van der Waals surface area contributed by atoms with Gasteiger partial charge in [-0.1, -0.05) is 71.9 Å². The van der Waals surface area contributed by atoms with E-state index < -0.39 is 23.4 Å². The number of benzene rings is 1. The fraction of sp³-hybridized carbons (Fsp3) is 0.680. The van der Waals surface area contributed by atoms with Crippen molar-refractivity contribution >= 4 is 18.2 Å². The van der Waals surface area contributed by atoms with Crippen LogP contribution in [0.25, 0.3) is 0 Å². The third kappa shape index (κ3) is 4.59. The first-order valence-electron chi connectivity index (χ1n) is 11.9. The molecule has 3 rings (SSSR count). The maximum Gasteiger partial charge on any atom is 0.200 e. The van der Waals surface area contributed by atoms with Crippen molar-refractivity contribution in [3.63, 3.8) is 0 Å². The van der Waals surface area contributed by atoms with Gasteiger partial charge in [-0.25, -0.2) is 8.42 Å². The Morgan fingerprint density at radius 2 is 1.61 bits per heavy atom. The Kier molecular flexibility index (Phi) is 7.56. The first kappa shape index (κ1) is 24.7. The second kappa shape index (κ2) is 9.50. The molecule has 0 saturated carbocycles. The lowest BCUT2D eigenvalue weighted by atomic mass is 9.88. The predicted octanol–water partition coefficient (Wildman–Crippen LogP) is 5.81. The topological polar surface area (TPSA) is 46.6 Å². The molecule has 2 heterocycles. The predicted molar refractivity (Wildman–Crippen MR) is 132 cm³/mol. The number of piperidine rings is 2. The molecule has 6 heteroatoms. The minimum atomic E-state index is -3.48. The van der Waals surface area contributed by atoms with Gasteiger partial charge in [0.25, 0.3) is 0 Å². The van der Waals surface area contributed by atoms with Crippen LogP contribution in [0.15, 0.2) is 47.4 Å². The first-order chi connectivity index (χ1) is 14.5. The van der Waals surface area contributed by atoms with E-state index in [0.717, 1.165) is 31.5 Å². The van der Waals surface area contributed by atoms with Crippen molar-refractivity contribution < 1.29 is 12.8 Å². The van der Waals surface area contributed by atoms with Crippen molar-refractivity contribution in [2.24, 2.45) is 0 Å². The van der Waals surface area contributed by atoms with Crippen LogP contribution < -0.4 is 0 Å². The summed E-state index contributed by atoms with van der Waals surface area (Å²) in [4.78, 5) is 2.77. The third-order valence-corrected chi connectivity index (χ3v) is 15.9. The maximum atomic E-state index is 13.8. The molecule has 0 aliphatic carbocycles. The Balaban J connectivity index is 2.03. The molecule has 2 aliphatic rings. The van der Waals surface area contributed by atoms with Gasteiger partial charge in [0.15, 0.2) is 9.84 Å². The molecular formula is C25H41NO3SSi. The average molecular weight is 464 g/mol. The standard InChI is InChI=1S/C25H41NO3SSi/c1-18(2)31(19(3)4,20(5)6)29-23-14-11-15-26-17-21(7)16-24(25(23)26)30(27,28)22-12-9-8-10-13-22/h8-10,12-13,18-20,23-25H,7,11,14-17H2,1-6H3/t23-,24?,25-/m1/s1. The highest BCUT2D eigenvalue weighted by Crippen LogP contribution is 2.46. The molecule has 0 radical (unpaired) electrons. The molecule has 0 N–H and O–H groups in total. The normalized spacial score (nSPS) is 26.0. The van der Waals surface area contributed by atoms with E-state index in [9.17, 15) is 8.42 Å². The summed E-state index contributed by atoms with van der Waals surface area (Å²) < 4.78 is 34.8. The van der Waals surface area contributed by atoms with Crippen LogP contribution in [0.1, 0.15) is 60.8 Å². The Hall–Kier alpha value is -0.953. The molecule has 0 bridgehead atoms. The highest BCUT2D eigenvalue weighted by atomic mass is 32.2. The summed E-state index contributed by atoms with van der Waals surface area (Å²) in [6.45, 7) is 19.7. The van der Waals surface area contributed by atoms with E-state index in [2.05, 4.69) is 53.0 Å². The van der Waals surface area contributed by atoms with Gasteiger partial charge in [0.2, 0.25) is 8.32 Å². The summed E-state index contributed by atoms with van der Waals surface area (Å²) >= 11 is 0. The van der Waals surface area contributed by atoms with E-state index in [-0.39, 0.29) is 12.1 Å². The SMILES string of the molecule is C=C1CC(S(=O)(=O)c2ccccc2)[C@H]2[C@H](O[Si](C(C)C)(C(C)C)C(C)C)CCCN2C1. The van der Waals surface area contributed by atoms with E-state index in [4.69, 9.17) is 4.43 Å². The zero-order valence-electron chi connectivity index (χ0n) is 20.2. The van der Waals surface area contributed by atoms with Gasteiger partial charge in [0, 0.05) is 6.54 Å². The fourth-order valence-electron chi connectivity index (χ4n) is 6.34. The van der Waals surface area contributed by atoms with Gasteiger partial charge in [-0.05, 0) is 54.6 Å². The van der Waals surface area contributed by atoms with Crippen LogP contribution in [0.4, 0.5) is 0 Å². The molecule has 1 aromatic rings. The summed E-state index contributed by atoms with van der Waals surface area (Å²) in [5, 5.41) is -0.500. The van der Waals surface area contributed by atoms with Crippen LogP contribution in [0, 0.1) is 0 Å². The molecular weight excluding hydrogens is 422 g/mol. The van der Waals surface area contributed by atoms with E-state index in [1.807, 2.05) is 18.2 Å². The van der Waals surface area contributed by atoms with Crippen molar-refractivity contribution in [1.29, 1.82) is 0 Å². The monoisotopic (exact) mass is 463 g/mol. The molecule has 0 aromatic heterocycles. The van der Waals surface area contributed by atoms with Crippen LogP contribution in [-0.2, 0) is 14.3 Å². The number of rotatable bonds is 7. The summed E-state index contributed by atoms with van der Waals surface area (Å²) in [5.74, 6) is 0. The lowest BCUT2D eigenvalue weighted by molar-refractivity contribution is 0.00967. The second-order valence-electron chi connectivity index (χ2n) is 10.4. The Labute approximate surface area is 191 Å². The van der Waals surface area contributed by atoms with Crippen LogP contribution >= 0.6 is 0 Å². The zero-order valence-corrected chi connectivity index (χ0v) is 22.0. The number of hydrogen-bond acceptors (Lipinski definition) is 4. The van der Waals surface area contributed by atoms with E-state index in [1.165, 1.54) is 0 Å². The molecule has 174 valence electrons. The molecule has 0 amide bonds. The second-order valence-corrected chi connectivity index (χ2v) is 18.0. The quantitative estimate of drug-likeness (QED) is 0.378. The van der Waals surface area contributed by atoms with Crippen LogP contribution in [-0.4, -0.2) is 52.1 Å². The van der Waals surface area contributed by atoms with Crippen molar-refractivity contribution in [3.05, 3.63) is 42.5 Å². The van der Waals surface area contributed by atoms with Crippen LogP contribution in [0.5, 0.6) is 0 Å². The summed E-state index contributed by atoms with van der Waals surface area (Å²) in [7, 11) is -5.60.